The van der Waals surface area contributed by atoms with E-state index < -0.39 is 8.32 Å². The Morgan fingerprint density at radius 2 is 1.35 bits per heavy atom. The van der Waals surface area contributed by atoms with Crippen LogP contribution in [0.3, 0.4) is 0 Å². The number of unbranched alkanes of at least 4 members (excludes halogenated alkanes) is 2. The summed E-state index contributed by atoms with van der Waals surface area (Å²) in [7, 11) is -2.78. The summed E-state index contributed by atoms with van der Waals surface area (Å²) in [4.78, 5) is 3.80. The van der Waals surface area contributed by atoms with Crippen LogP contribution in [0, 0.1) is 0 Å². The highest BCUT2D eigenvalue weighted by Crippen LogP contribution is 2.40. The summed E-state index contributed by atoms with van der Waals surface area (Å²) in [6, 6.07) is 33.0. The average Bonchev–Trinajstić information content (AvgIpc) is 3.49. The fourth-order valence-corrected chi connectivity index (χ4v) is 10.4. The molecular formula is C36H45NOSSi. The Hall–Kier alpha value is -3.08. The van der Waals surface area contributed by atoms with Crippen LogP contribution in [0.5, 0.6) is 5.75 Å². The number of rotatable bonds is 13. The zero-order chi connectivity index (χ0) is 28.4. The molecule has 0 N–H and O–H groups in total. The van der Waals surface area contributed by atoms with Gasteiger partial charge in [0.25, 0.3) is 0 Å². The van der Waals surface area contributed by atoms with Gasteiger partial charge in [-0.05, 0) is 64.0 Å². The maximum absolute atomic E-state index is 7.60. The van der Waals surface area contributed by atoms with Gasteiger partial charge in [-0.25, -0.2) is 0 Å². The van der Waals surface area contributed by atoms with Crippen molar-refractivity contribution in [3.63, 3.8) is 0 Å². The molecule has 0 aliphatic rings. The molecule has 0 bridgehead atoms. The van der Waals surface area contributed by atoms with E-state index in [1.807, 2.05) is 0 Å². The largest absolute Gasteiger partial charge is 0.534 e. The quantitative estimate of drug-likeness (QED) is 0.149. The Bertz CT molecular complexity index is 1280. The van der Waals surface area contributed by atoms with Crippen molar-refractivity contribution in [2.45, 2.75) is 65.3 Å². The van der Waals surface area contributed by atoms with Gasteiger partial charge in [-0.2, -0.15) is 0 Å². The minimum atomic E-state index is -2.78. The SMILES string of the molecule is CCCCN(CCCC)c1ccc(C=Cc2cccs2)c(O[Si](c2ccccc2)(c2ccccc2)C(C)(C)C)c1. The first kappa shape index (κ1) is 29.9. The maximum Gasteiger partial charge on any atom is 0.319 e. The Kier molecular flexibility index (Phi) is 10.5. The molecule has 40 heavy (non-hydrogen) atoms. The van der Waals surface area contributed by atoms with E-state index in [1.54, 1.807) is 11.3 Å². The van der Waals surface area contributed by atoms with E-state index in [9.17, 15) is 0 Å². The highest BCUT2D eigenvalue weighted by Gasteiger charge is 2.52. The highest BCUT2D eigenvalue weighted by molar-refractivity contribution is 7.10. The van der Waals surface area contributed by atoms with Gasteiger partial charge in [0.2, 0.25) is 0 Å². The highest BCUT2D eigenvalue weighted by atomic mass is 32.1. The normalized spacial score (nSPS) is 12.1. The molecule has 0 atom stereocenters. The molecule has 2 nitrogen and oxygen atoms in total. The minimum absolute atomic E-state index is 0.107. The summed E-state index contributed by atoms with van der Waals surface area (Å²) in [6.07, 6.45) is 9.20. The summed E-state index contributed by atoms with van der Waals surface area (Å²) in [5, 5.41) is 4.61. The van der Waals surface area contributed by atoms with Gasteiger partial charge in [-0.3, -0.25) is 0 Å². The molecule has 1 aromatic heterocycles. The van der Waals surface area contributed by atoms with Crippen LogP contribution in [0.2, 0.25) is 5.04 Å². The van der Waals surface area contributed by atoms with Crippen molar-refractivity contribution >= 4 is 47.9 Å². The lowest BCUT2D eigenvalue weighted by atomic mass is 10.1. The van der Waals surface area contributed by atoms with E-state index in [-0.39, 0.29) is 5.04 Å². The second kappa shape index (κ2) is 14.0. The summed E-state index contributed by atoms with van der Waals surface area (Å²) in [5.74, 6) is 0.970. The summed E-state index contributed by atoms with van der Waals surface area (Å²) in [6.45, 7) is 13.7. The first-order valence-corrected chi connectivity index (χ1v) is 17.6. The Morgan fingerprint density at radius 1 is 0.750 bits per heavy atom. The third-order valence-corrected chi connectivity index (χ3v) is 13.3. The zero-order valence-corrected chi connectivity index (χ0v) is 26.7. The number of anilines is 1. The van der Waals surface area contributed by atoms with Crippen molar-refractivity contribution in [2.75, 3.05) is 18.0 Å². The Balaban J connectivity index is 1.90. The van der Waals surface area contributed by atoms with E-state index >= 15 is 0 Å². The maximum atomic E-state index is 7.60. The second-order valence-corrected chi connectivity index (χ2v) is 16.7. The molecule has 0 unspecified atom stereocenters. The fourth-order valence-electron chi connectivity index (χ4n) is 5.39. The number of benzene rings is 3. The van der Waals surface area contributed by atoms with E-state index in [0.717, 1.165) is 24.4 Å². The van der Waals surface area contributed by atoms with Crippen LogP contribution in [0.4, 0.5) is 5.69 Å². The van der Waals surface area contributed by atoms with Crippen LogP contribution in [0.15, 0.2) is 96.4 Å². The van der Waals surface area contributed by atoms with Crippen molar-refractivity contribution < 1.29 is 4.43 Å². The molecule has 0 amide bonds. The van der Waals surface area contributed by atoms with Crippen molar-refractivity contribution in [1.29, 1.82) is 0 Å². The van der Waals surface area contributed by atoms with Crippen LogP contribution in [0.1, 0.15) is 70.7 Å². The summed E-state index contributed by atoms with van der Waals surface area (Å²) in [5.41, 5.74) is 2.37. The van der Waals surface area contributed by atoms with E-state index in [0.29, 0.717) is 0 Å². The molecule has 210 valence electrons. The van der Waals surface area contributed by atoms with Crippen molar-refractivity contribution in [3.05, 3.63) is 107 Å². The Labute approximate surface area is 247 Å². The van der Waals surface area contributed by atoms with E-state index in [4.69, 9.17) is 4.43 Å². The van der Waals surface area contributed by atoms with Gasteiger partial charge in [0, 0.05) is 35.3 Å². The van der Waals surface area contributed by atoms with E-state index in [1.165, 1.54) is 46.6 Å². The van der Waals surface area contributed by atoms with Gasteiger partial charge in [0.05, 0.1) is 0 Å². The fraction of sp³-hybridized carbons (Fsp3) is 0.333. The molecule has 0 saturated carbocycles. The van der Waals surface area contributed by atoms with Crippen LogP contribution < -0.4 is 19.7 Å². The van der Waals surface area contributed by atoms with Gasteiger partial charge in [0.15, 0.2) is 0 Å². The predicted molar refractivity (Wildman–Crippen MR) is 180 cm³/mol. The number of hydrogen-bond acceptors (Lipinski definition) is 3. The summed E-state index contributed by atoms with van der Waals surface area (Å²) >= 11 is 1.76. The second-order valence-electron chi connectivity index (χ2n) is 11.5. The molecule has 0 spiro atoms. The van der Waals surface area contributed by atoms with Crippen molar-refractivity contribution in [2.24, 2.45) is 0 Å². The van der Waals surface area contributed by atoms with Gasteiger partial charge in [-0.15, -0.1) is 11.3 Å². The molecule has 0 aliphatic heterocycles. The molecule has 4 heteroatoms. The van der Waals surface area contributed by atoms with Crippen LogP contribution in [-0.2, 0) is 0 Å². The van der Waals surface area contributed by atoms with Crippen LogP contribution in [0.25, 0.3) is 12.2 Å². The monoisotopic (exact) mass is 567 g/mol. The smallest absolute Gasteiger partial charge is 0.319 e. The van der Waals surface area contributed by atoms with Gasteiger partial charge in [-0.1, -0.05) is 114 Å². The molecule has 1 heterocycles. The lowest BCUT2D eigenvalue weighted by molar-refractivity contribution is 0.507. The molecule has 4 rings (SSSR count). The standard InChI is InChI=1S/C36H45NOSSi/c1-6-8-26-37(27-9-7-2)31-24-22-30(23-25-32-17-16-28-39-32)35(29-31)38-40(36(3,4)5,33-18-12-10-13-19-33)34-20-14-11-15-21-34/h10-25,28-29H,6-9,26-27H2,1-5H3. The van der Waals surface area contributed by atoms with Crippen molar-refractivity contribution in [1.82, 2.24) is 0 Å². The van der Waals surface area contributed by atoms with Crippen LogP contribution >= 0.6 is 11.3 Å². The third-order valence-electron chi connectivity index (χ3n) is 7.58. The molecule has 0 saturated heterocycles. The molecular weight excluding hydrogens is 523 g/mol. The molecule has 0 radical (unpaired) electrons. The predicted octanol–water partition coefficient (Wildman–Crippen LogP) is 9.26. The minimum Gasteiger partial charge on any atom is -0.534 e. The molecule has 4 aromatic rings. The first-order chi connectivity index (χ1) is 19.4. The number of hydrogen-bond donors (Lipinski definition) is 0. The third kappa shape index (κ3) is 6.97. The average molecular weight is 568 g/mol. The zero-order valence-electron chi connectivity index (χ0n) is 24.9. The molecule has 3 aromatic carbocycles. The summed E-state index contributed by atoms with van der Waals surface area (Å²) < 4.78 is 7.60. The van der Waals surface area contributed by atoms with Crippen molar-refractivity contribution in [3.8, 4) is 5.75 Å². The van der Waals surface area contributed by atoms with Gasteiger partial charge in [0.1, 0.15) is 5.75 Å². The van der Waals surface area contributed by atoms with Gasteiger partial charge < -0.3 is 9.33 Å². The molecule has 0 fully saturated rings. The lowest BCUT2D eigenvalue weighted by Crippen LogP contribution is -2.68. The Morgan fingerprint density at radius 3 is 1.85 bits per heavy atom. The molecule has 0 aliphatic carbocycles. The first-order valence-electron chi connectivity index (χ1n) is 14.8. The van der Waals surface area contributed by atoms with E-state index in [2.05, 4.69) is 148 Å². The van der Waals surface area contributed by atoms with Gasteiger partial charge >= 0.3 is 8.32 Å². The lowest BCUT2D eigenvalue weighted by Gasteiger charge is -2.43. The number of nitrogens with zero attached hydrogens (tertiary/aromatic N) is 1. The van der Waals surface area contributed by atoms with Crippen LogP contribution in [-0.4, -0.2) is 21.4 Å². The topological polar surface area (TPSA) is 12.5 Å². The number of thiophene rings is 1.